The minimum absolute atomic E-state index is 0.0104. The zero-order valence-corrected chi connectivity index (χ0v) is 14.3. The second-order valence-electron chi connectivity index (χ2n) is 5.80. The fourth-order valence-corrected chi connectivity index (χ4v) is 2.76. The highest BCUT2D eigenvalue weighted by Gasteiger charge is 2.20. The SMILES string of the molecule is CN(CCc1ccc(Cl)cc1)C(=O)c1cccc(C2OCCO2)c1. The molecule has 0 spiro atoms. The summed E-state index contributed by atoms with van der Waals surface area (Å²) < 4.78 is 11.0. The molecule has 0 radical (unpaired) electrons. The summed E-state index contributed by atoms with van der Waals surface area (Å²) in [6.45, 7) is 1.81. The highest BCUT2D eigenvalue weighted by molar-refractivity contribution is 6.30. The number of nitrogens with zero attached hydrogens (tertiary/aromatic N) is 1. The van der Waals surface area contributed by atoms with Crippen molar-refractivity contribution >= 4 is 17.5 Å². The van der Waals surface area contributed by atoms with Crippen LogP contribution in [0.2, 0.25) is 5.02 Å². The van der Waals surface area contributed by atoms with E-state index < -0.39 is 0 Å². The van der Waals surface area contributed by atoms with E-state index in [0.29, 0.717) is 25.3 Å². The Bertz CT molecular complexity index is 696. The first-order chi connectivity index (χ1) is 11.6. The van der Waals surface area contributed by atoms with Crippen molar-refractivity contribution in [3.05, 3.63) is 70.2 Å². The van der Waals surface area contributed by atoms with Gasteiger partial charge in [-0.3, -0.25) is 4.79 Å². The first kappa shape index (κ1) is 17.0. The molecule has 1 saturated heterocycles. The molecule has 1 amide bonds. The summed E-state index contributed by atoms with van der Waals surface area (Å²) >= 11 is 5.89. The van der Waals surface area contributed by atoms with Crippen molar-refractivity contribution < 1.29 is 14.3 Å². The summed E-state index contributed by atoms with van der Waals surface area (Å²) in [5, 5.41) is 0.719. The number of rotatable bonds is 5. The van der Waals surface area contributed by atoms with Crippen LogP contribution in [0.5, 0.6) is 0 Å². The summed E-state index contributed by atoms with van der Waals surface area (Å²) in [5.41, 5.74) is 2.68. The lowest BCUT2D eigenvalue weighted by molar-refractivity contribution is -0.0441. The molecule has 0 unspecified atom stereocenters. The molecule has 1 fully saturated rings. The Morgan fingerprint density at radius 2 is 1.88 bits per heavy atom. The van der Waals surface area contributed by atoms with E-state index in [0.717, 1.165) is 22.6 Å². The summed E-state index contributed by atoms with van der Waals surface area (Å²) in [7, 11) is 1.81. The zero-order chi connectivity index (χ0) is 16.9. The van der Waals surface area contributed by atoms with Gasteiger partial charge in [-0.05, 0) is 36.2 Å². The van der Waals surface area contributed by atoms with Gasteiger partial charge >= 0.3 is 0 Å². The Kier molecular flexibility index (Phi) is 5.51. The summed E-state index contributed by atoms with van der Waals surface area (Å²) in [5.74, 6) is -0.0104. The van der Waals surface area contributed by atoms with Crippen molar-refractivity contribution in [3.8, 4) is 0 Å². The van der Waals surface area contributed by atoms with E-state index in [-0.39, 0.29) is 12.2 Å². The van der Waals surface area contributed by atoms with Crippen LogP contribution in [0.25, 0.3) is 0 Å². The Morgan fingerprint density at radius 1 is 1.17 bits per heavy atom. The average Bonchev–Trinajstić information content (AvgIpc) is 3.15. The minimum Gasteiger partial charge on any atom is -0.346 e. The average molecular weight is 346 g/mol. The molecular formula is C19H20ClNO3. The molecule has 0 aliphatic carbocycles. The van der Waals surface area contributed by atoms with Crippen LogP contribution >= 0.6 is 11.6 Å². The van der Waals surface area contributed by atoms with E-state index in [1.54, 1.807) is 4.90 Å². The van der Waals surface area contributed by atoms with Crippen LogP contribution in [0.4, 0.5) is 0 Å². The van der Waals surface area contributed by atoms with Gasteiger partial charge in [0.2, 0.25) is 0 Å². The predicted molar refractivity (Wildman–Crippen MR) is 93.2 cm³/mol. The summed E-state index contributed by atoms with van der Waals surface area (Å²) in [6, 6.07) is 15.1. The van der Waals surface area contributed by atoms with E-state index in [1.165, 1.54) is 0 Å². The van der Waals surface area contributed by atoms with Crippen LogP contribution in [0.15, 0.2) is 48.5 Å². The van der Waals surface area contributed by atoms with Gasteiger partial charge in [-0.25, -0.2) is 0 Å². The maximum absolute atomic E-state index is 12.6. The summed E-state index contributed by atoms with van der Waals surface area (Å²) in [4.78, 5) is 14.3. The molecule has 0 aromatic heterocycles. The molecule has 1 aliphatic heterocycles. The standard InChI is InChI=1S/C19H20ClNO3/c1-21(10-9-14-5-7-17(20)8-6-14)18(22)15-3-2-4-16(13-15)19-23-11-12-24-19/h2-8,13,19H,9-12H2,1H3. The number of carbonyl (C=O) groups is 1. The number of amides is 1. The quantitative estimate of drug-likeness (QED) is 0.829. The lowest BCUT2D eigenvalue weighted by atomic mass is 10.1. The fraction of sp³-hybridized carbons (Fsp3) is 0.316. The number of benzene rings is 2. The van der Waals surface area contributed by atoms with Crippen LogP contribution in [0.1, 0.15) is 27.8 Å². The number of likely N-dealkylation sites (N-methyl/N-ethyl adjacent to an activating group) is 1. The van der Waals surface area contributed by atoms with Gasteiger partial charge in [-0.1, -0.05) is 35.9 Å². The second-order valence-corrected chi connectivity index (χ2v) is 6.24. The van der Waals surface area contributed by atoms with Crippen molar-refractivity contribution in [2.75, 3.05) is 26.8 Å². The lowest BCUT2D eigenvalue weighted by Crippen LogP contribution is -2.29. The van der Waals surface area contributed by atoms with Gasteiger partial charge < -0.3 is 14.4 Å². The molecule has 2 aromatic rings. The number of hydrogen-bond donors (Lipinski definition) is 0. The highest BCUT2D eigenvalue weighted by atomic mass is 35.5. The second kappa shape index (κ2) is 7.79. The van der Waals surface area contributed by atoms with Gasteiger partial charge in [0, 0.05) is 29.7 Å². The fourth-order valence-electron chi connectivity index (χ4n) is 2.64. The molecule has 1 aliphatic rings. The third kappa shape index (κ3) is 4.15. The molecule has 0 atom stereocenters. The molecule has 0 saturated carbocycles. The van der Waals surface area contributed by atoms with E-state index in [2.05, 4.69) is 0 Å². The largest absolute Gasteiger partial charge is 0.346 e. The van der Waals surface area contributed by atoms with Crippen molar-refractivity contribution in [2.45, 2.75) is 12.7 Å². The van der Waals surface area contributed by atoms with Crippen LogP contribution in [0.3, 0.4) is 0 Å². The number of ether oxygens (including phenoxy) is 2. The predicted octanol–water partition coefficient (Wildman–Crippen LogP) is 3.70. The Labute approximate surface area is 146 Å². The van der Waals surface area contributed by atoms with Crippen molar-refractivity contribution in [2.24, 2.45) is 0 Å². The minimum atomic E-state index is -0.364. The monoisotopic (exact) mass is 345 g/mol. The van der Waals surface area contributed by atoms with Crippen LogP contribution in [0, 0.1) is 0 Å². The number of hydrogen-bond acceptors (Lipinski definition) is 3. The van der Waals surface area contributed by atoms with Gasteiger partial charge in [0.05, 0.1) is 13.2 Å². The van der Waals surface area contributed by atoms with Gasteiger partial charge in [0.25, 0.3) is 5.91 Å². The molecule has 1 heterocycles. The van der Waals surface area contributed by atoms with E-state index >= 15 is 0 Å². The first-order valence-corrected chi connectivity index (χ1v) is 8.34. The molecule has 0 bridgehead atoms. The Hall–Kier alpha value is -1.88. The molecule has 24 heavy (non-hydrogen) atoms. The molecule has 4 nitrogen and oxygen atoms in total. The van der Waals surface area contributed by atoms with Crippen LogP contribution in [-0.4, -0.2) is 37.6 Å². The Balaban J connectivity index is 1.62. The molecule has 0 N–H and O–H groups in total. The Morgan fingerprint density at radius 3 is 2.58 bits per heavy atom. The molecule has 3 rings (SSSR count). The lowest BCUT2D eigenvalue weighted by Gasteiger charge is -2.18. The third-order valence-corrected chi connectivity index (χ3v) is 4.28. The third-order valence-electron chi connectivity index (χ3n) is 4.02. The maximum atomic E-state index is 12.6. The van der Waals surface area contributed by atoms with Gasteiger partial charge in [0.15, 0.2) is 6.29 Å². The van der Waals surface area contributed by atoms with E-state index in [1.807, 2.05) is 55.6 Å². The maximum Gasteiger partial charge on any atom is 0.253 e. The highest BCUT2D eigenvalue weighted by Crippen LogP contribution is 2.24. The van der Waals surface area contributed by atoms with Crippen molar-refractivity contribution in [3.63, 3.8) is 0 Å². The van der Waals surface area contributed by atoms with Gasteiger partial charge in [-0.15, -0.1) is 0 Å². The smallest absolute Gasteiger partial charge is 0.253 e. The van der Waals surface area contributed by atoms with E-state index in [9.17, 15) is 4.79 Å². The first-order valence-electron chi connectivity index (χ1n) is 7.96. The van der Waals surface area contributed by atoms with Crippen LogP contribution in [-0.2, 0) is 15.9 Å². The van der Waals surface area contributed by atoms with Crippen molar-refractivity contribution in [1.82, 2.24) is 4.90 Å². The number of carbonyl (C=O) groups excluding carboxylic acids is 1. The van der Waals surface area contributed by atoms with Gasteiger partial charge in [-0.2, -0.15) is 0 Å². The van der Waals surface area contributed by atoms with Crippen LogP contribution < -0.4 is 0 Å². The molecular weight excluding hydrogens is 326 g/mol. The molecule has 5 heteroatoms. The number of halogens is 1. The summed E-state index contributed by atoms with van der Waals surface area (Å²) in [6.07, 6.45) is 0.422. The van der Waals surface area contributed by atoms with Crippen molar-refractivity contribution in [1.29, 1.82) is 0 Å². The van der Waals surface area contributed by atoms with E-state index in [4.69, 9.17) is 21.1 Å². The normalized spacial score (nSPS) is 14.8. The molecule has 126 valence electrons. The topological polar surface area (TPSA) is 38.8 Å². The zero-order valence-electron chi connectivity index (χ0n) is 13.6. The molecule has 2 aromatic carbocycles. The van der Waals surface area contributed by atoms with Gasteiger partial charge in [0.1, 0.15) is 0 Å².